The van der Waals surface area contributed by atoms with Gasteiger partial charge in [0.15, 0.2) is 0 Å². The number of fused-ring (bicyclic) bond motifs is 1. The van der Waals surface area contributed by atoms with Crippen LogP contribution in [0.15, 0.2) is 28.7 Å². The fourth-order valence-electron chi connectivity index (χ4n) is 1.70. The molecule has 0 heterocycles. The summed E-state index contributed by atoms with van der Waals surface area (Å²) in [5, 5.41) is 8.58. The summed E-state index contributed by atoms with van der Waals surface area (Å²) in [6.07, 6.45) is 3.72. The van der Waals surface area contributed by atoms with Gasteiger partial charge in [-0.3, -0.25) is 0 Å². The largest absolute Gasteiger partial charge is 0.193 e. The molecule has 0 unspecified atom stereocenters. The third kappa shape index (κ3) is 1.52. The van der Waals surface area contributed by atoms with Crippen molar-refractivity contribution in [3.8, 4) is 6.07 Å². The van der Waals surface area contributed by atoms with Crippen LogP contribution in [0.3, 0.4) is 0 Å². The van der Waals surface area contributed by atoms with E-state index in [2.05, 4.69) is 34.1 Å². The van der Waals surface area contributed by atoms with Gasteiger partial charge in [0.1, 0.15) is 0 Å². The van der Waals surface area contributed by atoms with E-state index in [-0.39, 0.29) is 0 Å². The quantitative estimate of drug-likeness (QED) is 0.632. The molecule has 0 bridgehead atoms. The molecule has 0 aromatic heterocycles. The standard InChI is InChI=1S/C11H8BrN/c12-10-4-3-8-1-2-9(5-6-13)11(8)7-10/h3-5,7H,1-2H2. The van der Waals surface area contributed by atoms with Gasteiger partial charge < -0.3 is 0 Å². The van der Waals surface area contributed by atoms with Crippen LogP contribution in [0.2, 0.25) is 0 Å². The van der Waals surface area contributed by atoms with Gasteiger partial charge in [-0.15, -0.1) is 0 Å². The summed E-state index contributed by atoms with van der Waals surface area (Å²) in [5.41, 5.74) is 3.75. The van der Waals surface area contributed by atoms with Gasteiger partial charge in [0.25, 0.3) is 0 Å². The molecule has 2 rings (SSSR count). The lowest BCUT2D eigenvalue weighted by atomic mass is 10.1. The summed E-state index contributed by atoms with van der Waals surface area (Å²) in [5.74, 6) is 0. The number of halogens is 1. The van der Waals surface area contributed by atoms with Crippen molar-refractivity contribution in [3.05, 3.63) is 39.9 Å². The predicted molar refractivity (Wildman–Crippen MR) is 56.1 cm³/mol. The average Bonchev–Trinajstić information content (AvgIpc) is 2.49. The second-order valence-electron chi connectivity index (χ2n) is 3.10. The normalized spacial score (nSPS) is 17.1. The molecular weight excluding hydrogens is 226 g/mol. The molecule has 0 saturated carbocycles. The van der Waals surface area contributed by atoms with Crippen molar-refractivity contribution >= 4 is 21.5 Å². The zero-order valence-electron chi connectivity index (χ0n) is 7.05. The number of hydrogen-bond donors (Lipinski definition) is 0. The van der Waals surface area contributed by atoms with Crippen molar-refractivity contribution in [2.45, 2.75) is 12.8 Å². The second-order valence-corrected chi connectivity index (χ2v) is 4.02. The van der Waals surface area contributed by atoms with Crippen LogP contribution >= 0.6 is 15.9 Å². The molecule has 2 heteroatoms. The molecule has 1 aromatic carbocycles. The summed E-state index contributed by atoms with van der Waals surface area (Å²) >= 11 is 3.43. The number of benzene rings is 1. The number of rotatable bonds is 0. The Balaban J connectivity index is 2.54. The zero-order valence-corrected chi connectivity index (χ0v) is 8.63. The van der Waals surface area contributed by atoms with E-state index in [1.54, 1.807) is 6.08 Å². The van der Waals surface area contributed by atoms with Crippen LogP contribution in [-0.4, -0.2) is 0 Å². The molecule has 0 aliphatic heterocycles. The van der Waals surface area contributed by atoms with Crippen LogP contribution in [0.5, 0.6) is 0 Å². The maximum Gasteiger partial charge on any atom is 0.0915 e. The lowest BCUT2D eigenvalue weighted by molar-refractivity contribution is 1.08. The Hall–Kier alpha value is -1.07. The van der Waals surface area contributed by atoms with Crippen LogP contribution < -0.4 is 0 Å². The minimum Gasteiger partial charge on any atom is -0.193 e. The molecule has 0 saturated heterocycles. The van der Waals surface area contributed by atoms with Crippen molar-refractivity contribution in [2.75, 3.05) is 0 Å². The van der Waals surface area contributed by atoms with E-state index in [1.807, 2.05) is 6.07 Å². The van der Waals surface area contributed by atoms with Crippen molar-refractivity contribution < 1.29 is 0 Å². The lowest BCUT2D eigenvalue weighted by Gasteiger charge is -1.99. The Kier molecular flexibility index (Phi) is 2.20. The first kappa shape index (κ1) is 8.52. The van der Waals surface area contributed by atoms with E-state index in [4.69, 9.17) is 5.26 Å². The van der Waals surface area contributed by atoms with Gasteiger partial charge in [0.05, 0.1) is 6.07 Å². The highest BCUT2D eigenvalue weighted by molar-refractivity contribution is 9.10. The Labute approximate surface area is 85.8 Å². The molecule has 1 aliphatic carbocycles. The molecular formula is C11H8BrN. The van der Waals surface area contributed by atoms with Gasteiger partial charge in [-0.2, -0.15) is 5.26 Å². The molecule has 0 atom stereocenters. The Morgan fingerprint density at radius 2 is 2.23 bits per heavy atom. The van der Waals surface area contributed by atoms with Crippen molar-refractivity contribution in [1.29, 1.82) is 5.26 Å². The van der Waals surface area contributed by atoms with Crippen LogP contribution in [-0.2, 0) is 6.42 Å². The number of nitriles is 1. The fourth-order valence-corrected chi connectivity index (χ4v) is 2.06. The third-order valence-electron chi connectivity index (χ3n) is 2.32. The van der Waals surface area contributed by atoms with Crippen molar-refractivity contribution in [2.24, 2.45) is 0 Å². The molecule has 13 heavy (non-hydrogen) atoms. The second kappa shape index (κ2) is 3.35. The number of hydrogen-bond acceptors (Lipinski definition) is 1. The first-order valence-electron chi connectivity index (χ1n) is 4.19. The number of allylic oxidation sites excluding steroid dienone is 2. The zero-order chi connectivity index (χ0) is 9.26. The van der Waals surface area contributed by atoms with Gasteiger partial charge >= 0.3 is 0 Å². The van der Waals surface area contributed by atoms with Crippen LogP contribution in [0.1, 0.15) is 17.5 Å². The van der Waals surface area contributed by atoms with Gasteiger partial charge in [-0.1, -0.05) is 22.0 Å². The van der Waals surface area contributed by atoms with Crippen LogP contribution in [0, 0.1) is 11.3 Å². The molecule has 0 radical (unpaired) electrons. The maximum atomic E-state index is 8.58. The topological polar surface area (TPSA) is 23.8 Å². The molecule has 1 aromatic rings. The van der Waals surface area contributed by atoms with Crippen LogP contribution in [0.25, 0.3) is 5.57 Å². The Morgan fingerprint density at radius 1 is 1.38 bits per heavy atom. The van der Waals surface area contributed by atoms with Gasteiger partial charge in [0, 0.05) is 10.5 Å². The van der Waals surface area contributed by atoms with E-state index in [1.165, 1.54) is 16.7 Å². The van der Waals surface area contributed by atoms with E-state index >= 15 is 0 Å². The van der Waals surface area contributed by atoms with Gasteiger partial charge in [-0.05, 0) is 41.7 Å². The van der Waals surface area contributed by atoms with E-state index in [0.29, 0.717) is 0 Å². The third-order valence-corrected chi connectivity index (χ3v) is 2.81. The summed E-state index contributed by atoms with van der Waals surface area (Å²) < 4.78 is 1.08. The Morgan fingerprint density at radius 3 is 3.00 bits per heavy atom. The summed E-state index contributed by atoms with van der Waals surface area (Å²) in [6, 6.07) is 8.35. The van der Waals surface area contributed by atoms with Gasteiger partial charge in [-0.25, -0.2) is 0 Å². The average molecular weight is 234 g/mol. The fraction of sp³-hybridized carbons (Fsp3) is 0.182. The molecule has 1 nitrogen and oxygen atoms in total. The Bertz CT molecular complexity index is 413. The molecule has 0 amide bonds. The van der Waals surface area contributed by atoms with Gasteiger partial charge in [0.2, 0.25) is 0 Å². The highest BCUT2D eigenvalue weighted by atomic mass is 79.9. The van der Waals surface area contributed by atoms with Crippen LogP contribution in [0.4, 0.5) is 0 Å². The minimum absolute atomic E-state index is 0.999. The smallest absolute Gasteiger partial charge is 0.0915 e. The highest BCUT2D eigenvalue weighted by Gasteiger charge is 2.15. The molecule has 0 N–H and O–H groups in total. The summed E-state index contributed by atoms with van der Waals surface area (Å²) in [4.78, 5) is 0. The van der Waals surface area contributed by atoms with E-state index in [9.17, 15) is 0 Å². The lowest BCUT2D eigenvalue weighted by Crippen LogP contribution is -1.80. The molecule has 1 aliphatic rings. The summed E-state index contributed by atoms with van der Waals surface area (Å²) in [6.45, 7) is 0. The van der Waals surface area contributed by atoms with E-state index in [0.717, 1.165) is 17.3 Å². The molecule has 64 valence electrons. The molecule has 0 spiro atoms. The highest BCUT2D eigenvalue weighted by Crippen LogP contribution is 2.33. The maximum absolute atomic E-state index is 8.58. The van der Waals surface area contributed by atoms with Crippen molar-refractivity contribution in [3.63, 3.8) is 0 Å². The van der Waals surface area contributed by atoms with E-state index < -0.39 is 0 Å². The number of nitrogens with zero attached hydrogens (tertiary/aromatic N) is 1. The number of aryl methyl sites for hydroxylation is 1. The first-order chi connectivity index (χ1) is 6.31. The SMILES string of the molecule is N#CC=C1CCc2ccc(Br)cc21. The molecule has 0 fully saturated rings. The predicted octanol–water partition coefficient (Wildman–Crippen LogP) is 3.30. The van der Waals surface area contributed by atoms with Crippen molar-refractivity contribution in [1.82, 2.24) is 0 Å². The monoisotopic (exact) mass is 233 g/mol. The minimum atomic E-state index is 0.999. The first-order valence-corrected chi connectivity index (χ1v) is 4.98. The summed E-state index contributed by atoms with van der Waals surface area (Å²) in [7, 11) is 0.